The van der Waals surface area contributed by atoms with Gasteiger partial charge in [0.1, 0.15) is 5.75 Å². The fourth-order valence-corrected chi connectivity index (χ4v) is 3.74. The SMILES string of the molecule is COc1ccc(CN2CC(C(=O)NN=C(c3ccccc3)c3ccccc3)CC2=O)cc1. The molecule has 0 saturated carbocycles. The molecular formula is C26H25N3O3. The van der Waals surface area contributed by atoms with E-state index in [9.17, 15) is 9.59 Å². The summed E-state index contributed by atoms with van der Waals surface area (Å²) in [6.45, 7) is 0.841. The summed E-state index contributed by atoms with van der Waals surface area (Å²) in [6, 6.07) is 27.0. The van der Waals surface area contributed by atoms with Gasteiger partial charge in [-0.2, -0.15) is 5.10 Å². The van der Waals surface area contributed by atoms with Gasteiger partial charge in [-0.05, 0) is 17.7 Å². The number of carbonyl (C=O) groups excluding carboxylic acids is 2. The topological polar surface area (TPSA) is 71.0 Å². The molecule has 1 unspecified atom stereocenters. The highest BCUT2D eigenvalue weighted by atomic mass is 16.5. The molecule has 3 aromatic rings. The van der Waals surface area contributed by atoms with Gasteiger partial charge in [0.15, 0.2) is 0 Å². The first kappa shape index (κ1) is 21.3. The molecule has 2 amide bonds. The average molecular weight is 428 g/mol. The molecule has 0 aliphatic carbocycles. The number of nitrogens with zero attached hydrogens (tertiary/aromatic N) is 2. The molecule has 1 atom stereocenters. The molecule has 4 rings (SSSR count). The highest BCUT2D eigenvalue weighted by molar-refractivity contribution is 6.13. The Hall–Kier alpha value is -3.93. The molecule has 162 valence electrons. The molecule has 1 aliphatic heterocycles. The van der Waals surface area contributed by atoms with Crippen LogP contribution in [-0.4, -0.2) is 36.1 Å². The van der Waals surface area contributed by atoms with Crippen LogP contribution in [0, 0.1) is 5.92 Å². The van der Waals surface area contributed by atoms with Crippen molar-refractivity contribution in [2.24, 2.45) is 11.0 Å². The van der Waals surface area contributed by atoms with E-state index in [-0.39, 0.29) is 18.2 Å². The Balaban J connectivity index is 1.44. The Labute approximate surface area is 187 Å². The van der Waals surface area contributed by atoms with Gasteiger partial charge in [0.2, 0.25) is 11.8 Å². The number of hydrogen-bond acceptors (Lipinski definition) is 4. The predicted octanol–water partition coefficient (Wildman–Crippen LogP) is 3.61. The number of hydrazone groups is 1. The molecule has 1 heterocycles. The summed E-state index contributed by atoms with van der Waals surface area (Å²) in [5.74, 6) is 0.0535. The molecule has 0 spiro atoms. The zero-order chi connectivity index (χ0) is 22.3. The van der Waals surface area contributed by atoms with Crippen LogP contribution >= 0.6 is 0 Å². The number of nitrogens with one attached hydrogen (secondary N) is 1. The number of carbonyl (C=O) groups is 2. The van der Waals surface area contributed by atoms with Crippen LogP contribution in [0.2, 0.25) is 0 Å². The van der Waals surface area contributed by atoms with Crippen molar-refractivity contribution in [3.63, 3.8) is 0 Å². The van der Waals surface area contributed by atoms with Crippen LogP contribution in [0.3, 0.4) is 0 Å². The number of methoxy groups -OCH3 is 1. The van der Waals surface area contributed by atoms with Crippen molar-refractivity contribution >= 4 is 17.5 Å². The average Bonchev–Trinajstić information content (AvgIpc) is 3.21. The highest BCUT2D eigenvalue weighted by Crippen LogP contribution is 2.22. The summed E-state index contributed by atoms with van der Waals surface area (Å²) in [5, 5.41) is 4.44. The van der Waals surface area contributed by atoms with Crippen molar-refractivity contribution < 1.29 is 14.3 Å². The van der Waals surface area contributed by atoms with E-state index in [0.29, 0.717) is 18.8 Å². The van der Waals surface area contributed by atoms with E-state index in [2.05, 4.69) is 10.5 Å². The maximum atomic E-state index is 12.8. The molecule has 0 bridgehead atoms. The smallest absolute Gasteiger partial charge is 0.245 e. The monoisotopic (exact) mass is 427 g/mol. The summed E-state index contributed by atoms with van der Waals surface area (Å²) < 4.78 is 5.17. The number of amides is 2. The first-order valence-electron chi connectivity index (χ1n) is 10.5. The Morgan fingerprint density at radius 2 is 1.56 bits per heavy atom. The van der Waals surface area contributed by atoms with E-state index in [1.807, 2.05) is 84.9 Å². The molecule has 3 aromatic carbocycles. The van der Waals surface area contributed by atoms with Gasteiger partial charge >= 0.3 is 0 Å². The third-order valence-electron chi connectivity index (χ3n) is 5.49. The largest absolute Gasteiger partial charge is 0.497 e. The molecule has 0 radical (unpaired) electrons. The molecule has 1 N–H and O–H groups in total. The molecule has 6 heteroatoms. The van der Waals surface area contributed by atoms with E-state index < -0.39 is 5.92 Å². The quantitative estimate of drug-likeness (QED) is 0.463. The lowest BCUT2D eigenvalue weighted by Crippen LogP contribution is -2.31. The van der Waals surface area contributed by atoms with Crippen LogP contribution in [0.4, 0.5) is 0 Å². The van der Waals surface area contributed by atoms with E-state index in [0.717, 1.165) is 22.4 Å². The van der Waals surface area contributed by atoms with Crippen molar-refractivity contribution in [3.05, 3.63) is 102 Å². The maximum absolute atomic E-state index is 12.8. The van der Waals surface area contributed by atoms with Gasteiger partial charge in [-0.1, -0.05) is 72.8 Å². The minimum Gasteiger partial charge on any atom is -0.497 e. The number of likely N-dealkylation sites (tertiary alicyclic amines) is 1. The first-order chi connectivity index (χ1) is 15.6. The summed E-state index contributed by atoms with van der Waals surface area (Å²) in [7, 11) is 1.62. The van der Waals surface area contributed by atoms with Crippen molar-refractivity contribution in [2.45, 2.75) is 13.0 Å². The van der Waals surface area contributed by atoms with Crippen molar-refractivity contribution in [1.29, 1.82) is 0 Å². The van der Waals surface area contributed by atoms with E-state index in [4.69, 9.17) is 4.74 Å². The molecule has 1 fully saturated rings. The van der Waals surface area contributed by atoms with Gasteiger partial charge in [-0.3, -0.25) is 9.59 Å². The summed E-state index contributed by atoms with van der Waals surface area (Å²) in [5.41, 5.74) is 6.18. The lowest BCUT2D eigenvalue weighted by atomic mass is 10.0. The highest BCUT2D eigenvalue weighted by Gasteiger charge is 2.34. The van der Waals surface area contributed by atoms with Crippen LogP contribution in [0.5, 0.6) is 5.75 Å². The zero-order valence-corrected chi connectivity index (χ0v) is 17.9. The molecular weight excluding hydrogens is 402 g/mol. The van der Waals surface area contributed by atoms with E-state index >= 15 is 0 Å². The normalized spacial score (nSPS) is 15.3. The second-order valence-corrected chi connectivity index (χ2v) is 7.69. The fourth-order valence-electron chi connectivity index (χ4n) is 3.74. The first-order valence-corrected chi connectivity index (χ1v) is 10.5. The summed E-state index contributed by atoms with van der Waals surface area (Å²) in [6.07, 6.45) is 0.184. The molecule has 32 heavy (non-hydrogen) atoms. The van der Waals surface area contributed by atoms with Crippen molar-refractivity contribution in [3.8, 4) is 5.75 Å². The minimum absolute atomic E-state index is 0.0312. The van der Waals surface area contributed by atoms with Gasteiger partial charge in [0.05, 0.1) is 18.7 Å². The molecule has 1 aliphatic rings. The van der Waals surface area contributed by atoms with Gasteiger partial charge in [0, 0.05) is 30.6 Å². The lowest BCUT2D eigenvalue weighted by molar-refractivity contribution is -0.129. The second kappa shape index (κ2) is 9.92. The van der Waals surface area contributed by atoms with Gasteiger partial charge < -0.3 is 9.64 Å². The Morgan fingerprint density at radius 3 is 2.12 bits per heavy atom. The number of rotatable bonds is 7. The van der Waals surface area contributed by atoms with Crippen LogP contribution < -0.4 is 10.2 Å². The third kappa shape index (κ3) is 5.03. The van der Waals surface area contributed by atoms with E-state index in [1.54, 1.807) is 12.0 Å². The lowest BCUT2D eigenvalue weighted by Gasteiger charge is -2.16. The second-order valence-electron chi connectivity index (χ2n) is 7.69. The third-order valence-corrected chi connectivity index (χ3v) is 5.49. The van der Waals surface area contributed by atoms with Crippen LogP contribution in [0.15, 0.2) is 90.0 Å². The van der Waals surface area contributed by atoms with Crippen molar-refractivity contribution in [2.75, 3.05) is 13.7 Å². The Bertz CT molecular complexity index is 1050. The number of hydrogen-bond donors (Lipinski definition) is 1. The number of benzene rings is 3. The maximum Gasteiger partial charge on any atom is 0.245 e. The number of ether oxygens (including phenoxy) is 1. The van der Waals surface area contributed by atoms with Crippen LogP contribution in [-0.2, 0) is 16.1 Å². The molecule has 0 aromatic heterocycles. The Kier molecular flexibility index (Phi) is 6.60. The van der Waals surface area contributed by atoms with Crippen molar-refractivity contribution in [1.82, 2.24) is 10.3 Å². The van der Waals surface area contributed by atoms with Gasteiger partial charge in [-0.25, -0.2) is 5.43 Å². The molecule has 1 saturated heterocycles. The van der Waals surface area contributed by atoms with E-state index in [1.165, 1.54) is 0 Å². The predicted molar refractivity (Wildman–Crippen MR) is 123 cm³/mol. The Morgan fingerprint density at radius 1 is 0.969 bits per heavy atom. The van der Waals surface area contributed by atoms with Gasteiger partial charge in [-0.15, -0.1) is 0 Å². The standard InChI is InChI=1S/C26H25N3O3/c1-32-23-14-12-19(13-15-23)17-29-18-22(16-24(29)30)26(31)28-27-25(20-8-4-2-5-9-20)21-10-6-3-7-11-21/h2-15,22H,16-18H2,1H3,(H,28,31). The minimum atomic E-state index is -0.433. The summed E-state index contributed by atoms with van der Waals surface area (Å²) in [4.78, 5) is 27.0. The van der Waals surface area contributed by atoms with Gasteiger partial charge in [0.25, 0.3) is 0 Å². The fraction of sp³-hybridized carbons (Fsp3) is 0.192. The zero-order valence-electron chi connectivity index (χ0n) is 17.9. The van der Waals surface area contributed by atoms with Crippen LogP contribution in [0.1, 0.15) is 23.1 Å². The summed E-state index contributed by atoms with van der Waals surface area (Å²) >= 11 is 0. The molecule has 6 nitrogen and oxygen atoms in total. The van der Waals surface area contributed by atoms with Crippen LogP contribution in [0.25, 0.3) is 0 Å².